The smallest absolute Gasteiger partial charge is 0.326 e. The van der Waals surface area contributed by atoms with Crippen molar-refractivity contribution in [2.75, 3.05) is 19.6 Å². The van der Waals surface area contributed by atoms with Crippen LogP contribution in [-0.2, 0) is 9.59 Å². The van der Waals surface area contributed by atoms with Gasteiger partial charge in [-0.25, -0.2) is 4.79 Å². The number of carbonyl (C=O) groups is 2. The van der Waals surface area contributed by atoms with E-state index < -0.39 is 12.0 Å². The van der Waals surface area contributed by atoms with E-state index in [-0.39, 0.29) is 17.2 Å². The second-order valence-electron chi connectivity index (χ2n) is 6.25. The number of rotatable bonds is 2. The van der Waals surface area contributed by atoms with Gasteiger partial charge in [-0.2, -0.15) is 0 Å². The maximum atomic E-state index is 12.6. The molecule has 0 aromatic heterocycles. The van der Waals surface area contributed by atoms with Crippen LogP contribution in [0.2, 0.25) is 0 Å². The van der Waals surface area contributed by atoms with E-state index in [1.807, 2.05) is 0 Å². The van der Waals surface area contributed by atoms with Crippen LogP contribution in [0.4, 0.5) is 0 Å². The first-order valence-electron chi connectivity index (χ1n) is 7.38. The fourth-order valence-corrected chi connectivity index (χ4v) is 3.83. The van der Waals surface area contributed by atoms with Crippen molar-refractivity contribution in [3.05, 3.63) is 0 Å². The molecule has 2 atom stereocenters. The number of carbonyl (C=O) groups excluding carboxylic acids is 1. The van der Waals surface area contributed by atoms with Crippen molar-refractivity contribution in [2.24, 2.45) is 11.3 Å². The number of hydrogen-bond acceptors (Lipinski definition) is 3. The lowest BCUT2D eigenvalue weighted by Crippen LogP contribution is -2.49. The third-order valence-corrected chi connectivity index (χ3v) is 5.16. The molecule has 1 spiro atoms. The molecule has 0 radical (unpaired) electrons. The molecule has 3 aliphatic rings. The number of likely N-dealkylation sites (tertiary alicyclic amines) is 1. The molecule has 2 saturated heterocycles. The Morgan fingerprint density at radius 2 is 1.95 bits per heavy atom. The molecular weight excluding hydrogens is 244 g/mol. The molecule has 1 saturated carbocycles. The van der Waals surface area contributed by atoms with E-state index in [9.17, 15) is 14.7 Å². The van der Waals surface area contributed by atoms with E-state index in [1.54, 1.807) is 4.90 Å². The second kappa shape index (κ2) is 4.78. The van der Waals surface area contributed by atoms with Crippen LogP contribution in [-0.4, -0.2) is 47.6 Å². The molecule has 3 fully saturated rings. The Morgan fingerprint density at radius 1 is 1.21 bits per heavy atom. The molecule has 19 heavy (non-hydrogen) atoms. The summed E-state index contributed by atoms with van der Waals surface area (Å²) in [6.45, 7) is 2.61. The number of carboxylic acids is 1. The minimum absolute atomic E-state index is 0.0922. The fourth-order valence-electron chi connectivity index (χ4n) is 3.83. The van der Waals surface area contributed by atoms with Crippen LogP contribution in [0, 0.1) is 11.3 Å². The predicted molar refractivity (Wildman–Crippen MR) is 69.6 cm³/mol. The van der Waals surface area contributed by atoms with Crippen LogP contribution in [0.15, 0.2) is 0 Å². The summed E-state index contributed by atoms with van der Waals surface area (Å²) in [6, 6.07) is -0.583. The first-order chi connectivity index (χ1) is 9.14. The number of hydrogen-bond donors (Lipinski definition) is 2. The third kappa shape index (κ3) is 2.24. The lowest BCUT2D eigenvalue weighted by Gasteiger charge is -2.34. The van der Waals surface area contributed by atoms with Crippen molar-refractivity contribution in [3.63, 3.8) is 0 Å². The first-order valence-corrected chi connectivity index (χ1v) is 7.38. The molecule has 106 valence electrons. The molecule has 2 aliphatic heterocycles. The summed E-state index contributed by atoms with van der Waals surface area (Å²) in [5, 5.41) is 12.6. The zero-order chi connectivity index (χ0) is 13.5. The molecule has 2 N–H and O–H groups in total. The Balaban J connectivity index is 1.68. The monoisotopic (exact) mass is 266 g/mol. The summed E-state index contributed by atoms with van der Waals surface area (Å²) >= 11 is 0. The van der Waals surface area contributed by atoms with Crippen molar-refractivity contribution in [2.45, 2.75) is 44.6 Å². The topological polar surface area (TPSA) is 69.6 Å². The van der Waals surface area contributed by atoms with Crippen LogP contribution < -0.4 is 5.32 Å². The van der Waals surface area contributed by atoms with Crippen LogP contribution in [0.1, 0.15) is 38.5 Å². The average molecular weight is 266 g/mol. The molecule has 5 heteroatoms. The first kappa shape index (κ1) is 12.9. The Kier molecular flexibility index (Phi) is 3.25. The standard InChI is InChI=1S/C14H22N2O3/c17-12(10-9-14(10)4-6-15-7-5-14)16-8-2-1-3-11(16)13(18)19/h10-11,15H,1-9H2,(H,18,19)/t10?,11-/m1/s1. The zero-order valence-corrected chi connectivity index (χ0v) is 11.2. The van der Waals surface area contributed by atoms with Crippen molar-refractivity contribution >= 4 is 11.9 Å². The average Bonchev–Trinajstić information content (AvgIpc) is 3.12. The number of carboxylic acid groups (broad SMARTS) is 1. The highest BCUT2D eigenvalue weighted by Crippen LogP contribution is 2.59. The van der Waals surface area contributed by atoms with Crippen molar-refractivity contribution < 1.29 is 14.7 Å². The van der Waals surface area contributed by atoms with Gasteiger partial charge in [0.15, 0.2) is 0 Å². The van der Waals surface area contributed by atoms with Gasteiger partial charge < -0.3 is 15.3 Å². The summed E-state index contributed by atoms with van der Waals surface area (Å²) in [7, 11) is 0. The lowest BCUT2D eigenvalue weighted by molar-refractivity contribution is -0.153. The minimum Gasteiger partial charge on any atom is -0.480 e. The summed E-state index contributed by atoms with van der Waals surface area (Å²) in [5.74, 6) is -0.642. The van der Waals surface area contributed by atoms with E-state index in [0.29, 0.717) is 13.0 Å². The predicted octanol–water partition coefficient (Wildman–Crippen LogP) is 0.842. The SMILES string of the molecule is O=C(O)[C@H]1CCCCN1C(=O)C1CC12CCNCC2. The van der Waals surface area contributed by atoms with Gasteiger partial charge in [0, 0.05) is 12.5 Å². The number of aliphatic carboxylic acids is 1. The van der Waals surface area contributed by atoms with Crippen LogP contribution in [0.25, 0.3) is 0 Å². The summed E-state index contributed by atoms with van der Waals surface area (Å²) < 4.78 is 0. The third-order valence-electron chi connectivity index (χ3n) is 5.16. The van der Waals surface area contributed by atoms with Gasteiger partial charge in [-0.1, -0.05) is 0 Å². The molecule has 1 amide bonds. The van der Waals surface area contributed by atoms with Gasteiger partial charge in [0.25, 0.3) is 0 Å². The van der Waals surface area contributed by atoms with E-state index >= 15 is 0 Å². The maximum absolute atomic E-state index is 12.6. The minimum atomic E-state index is -0.840. The Labute approximate surface area is 113 Å². The van der Waals surface area contributed by atoms with Gasteiger partial charge in [-0.05, 0) is 57.0 Å². The Bertz CT molecular complexity index is 390. The molecule has 0 bridgehead atoms. The number of nitrogens with one attached hydrogen (secondary N) is 1. The summed E-state index contributed by atoms with van der Waals surface area (Å²) in [4.78, 5) is 25.5. The maximum Gasteiger partial charge on any atom is 0.326 e. The summed E-state index contributed by atoms with van der Waals surface area (Å²) in [6.07, 6.45) is 5.57. The number of piperidine rings is 2. The van der Waals surface area contributed by atoms with Crippen molar-refractivity contribution in [1.29, 1.82) is 0 Å². The molecule has 1 unspecified atom stereocenters. The molecule has 5 nitrogen and oxygen atoms in total. The van der Waals surface area contributed by atoms with E-state index in [2.05, 4.69) is 5.32 Å². The van der Waals surface area contributed by atoms with Gasteiger partial charge in [0.2, 0.25) is 5.91 Å². The fraction of sp³-hybridized carbons (Fsp3) is 0.857. The van der Waals surface area contributed by atoms with Gasteiger partial charge in [0.05, 0.1) is 0 Å². The van der Waals surface area contributed by atoms with Gasteiger partial charge in [-0.3, -0.25) is 4.79 Å². The molecule has 1 aliphatic carbocycles. The molecule has 3 rings (SSSR count). The normalized spacial score (nSPS) is 33.2. The van der Waals surface area contributed by atoms with Crippen LogP contribution >= 0.6 is 0 Å². The van der Waals surface area contributed by atoms with E-state index in [1.165, 1.54) is 0 Å². The summed E-state index contributed by atoms with van der Waals surface area (Å²) in [5.41, 5.74) is 0.197. The largest absolute Gasteiger partial charge is 0.480 e. The van der Waals surface area contributed by atoms with Crippen molar-refractivity contribution in [3.8, 4) is 0 Å². The quantitative estimate of drug-likeness (QED) is 0.777. The highest BCUT2D eigenvalue weighted by Gasteiger charge is 2.59. The highest BCUT2D eigenvalue weighted by atomic mass is 16.4. The Morgan fingerprint density at radius 3 is 2.63 bits per heavy atom. The molecule has 0 aromatic rings. The van der Waals surface area contributed by atoms with Gasteiger partial charge in [-0.15, -0.1) is 0 Å². The van der Waals surface area contributed by atoms with Gasteiger partial charge in [0.1, 0.15) is 6.04 Å². The number of nitrogens with zero attached hydrogens (tertiary/aromatic N) is 1. The zero-order valence-electron chi connectivity index (χ0n) is 11.2. The van der Waals surface area contributed by atoms with E-state index in [0.717, 1.165) is 45.2 Å². The molecular formula is C14H22N2O3. The second-order valence-corrected chi connectivity index (χ2v) is 6.25. The van der Waals surface area contributed by atoms with E-state index in [4.69, 9.17) is 0 Å². The van der Waals surface area contributed by atoms with Crippen LogP contribution in [0.5, 0.6) is 0 Å². The molecule has 0 aromatic carbocycles. The lowest BCUT2D eigenvalue weighted by atomic mass is 9.91. The van der Waals surface area contributed by atoms with Gasteiger partial charge >= 0.3 is 5.97 Å². The van der Waals surface area contributed by atoms with Crippen LogP contribution in [0.3, 0.4) is 0 Å². The Hall–Kier alpha value is -1.10. The highest BCUT2D eigenvalue weighted by molar-refractivity contribution is 5.87. The van der Waals surface area contributed by atoms with Crippen molar-refractivity contribution in [1.82, 2.24) is 10.2 Å². The molecule has 2 heterocycles. The number of amides is 1.